The molecule has 3 fully saturated rings. The van der Waals surface area contributed by atoms with Crippen LogP contribution in [-0.4, -0.2) is 84.9 Å². The lowest BCUT2D eigenvalue weighted by atomic mass is 9.78. The minimum atomic E-state index is -1.60. The molecule has 2 saturated heterocycles. The van der Waals surface area contributed by atoms with Gasteiger partial charge in [0.25, 0.3) is 0 Å². The van der Waals surface area contributed by atoms with Gasteiger partial charge >= 0.3 is 23.9 Å². The SMILES string of the molecule is CC(=O)OC[C@@H]1O[C@@H](O[C@@H]2CC(=O)C[C@H]3C(=O)N(c4ccccc4)C(=O)[C@H]23)[C@@H](OC(C)=O)[C@@H](OC(C)=O)[C@@H]1OC(C)=O. The van der Waals surface area contributed by atoms with Gasteiger partial charge in [-0.15, -0.1) is 0 Å². The van der Waals surface area contributed by atoms with Crippen LogP contribution in [0.1, 0.15) is 40.5 Å². The van der Waals surface area contributed by atoms with Gasteiger partial charge in [0.2, 0.25) is 11.8 Å². The van der Waals surface area contributed by atoms with E-state index in [-0.39, 0.29) is 18.6 Å². The third-order valence-corrected chi connectivity index (χ3v) is 7.03. The van der Waals surface area contributed by atoms with Crippen LogP contribution in [0.15, 0.2) is 30.3 Å². The molecule has 1 aromatic rings. The summed E-state index contributed by atoms with van der Waals surface area (Å²) in [6, 6.07) is 8.22. The first-order valence-corrected chi connectivity index (χ1v) is 13.3. The maximum absolute atomic E-state index is 13.6. The van der Waals surface area contributed by atoms with Crippen molar-refractivity contribution in [3.8, 4) is 0 Å². The number of benzene rings is 1. The Morgan fingerprint density at radius 2 is 1.38 bits per heavy atom. The molecular weight excluding hydrogens is 558 g/mol. The Kier molecular flexibility index (Phi) is 9.36. The van der Waals surface area contributed by atoms with Gasteiger partial charge in [-0.05, 0) is 12.1 Å². The second kappa shape index (κ2) is 12.8. The topological polar surface area (TPSA) is 178 Å². The largest absolute Gasteiger partial charge is 0.463 e. The predicted octanol–water partition coefficient (Wildman–Crippen LogP) is 0.623. The number of fused-ring (bicyclic) bond motifs is 1. The average molecular weight is 590 g/mol. The number of carbonyl (C=O) groups is 7. The number of rotatable bonds is 8. The fraction of sp³-hybridized carbons (Fsp3) is 0.536. The summed E-state index contributed by atoms with van der Waals surface area (Å²) in [5.41, 5.74) is 0.334. The summed E-state index contributed by atoms with van der Waals surface area (Å²) in [5, 5.41) is 0. The van der Waals surface area contributed by atoms with Crippen LogP contribution in [0, 0.1) is 11.8 Å². The maximum Gasteiger partial charge on any atom is 0.303 e. The molecule has 42 heavy (non-hydrogen) atoms. The fourth-order valence-corrected chi connectivity index (χ4v) is 5.50. The number of hydrogen-bond donors (Lipinski definition) is 0. The highest BCUT2D eigenvalue weighted by atomic mass is 16.7. The van der Waals surface area contributed by atoms with Crippen LogP contribution in [0.5, 0.6) is 0 Å². The van der Waals surface area contributed by atoms with Crippen molar-refractivity contribution in [2.75, 3.05) is 11.5 Å². The molecule has 0 aromatic heterocycles. The van der Waals surface area contributed by atoms with Crippen LogP contribution in [0.3, 0.4) is 0 Å². The van der Waals surface area contributed by atoms with Gasteiger partial charge in [-0.1, -0.05) is 18.2 Å². The molecule has 0 radical (unpaired) electrons. The molecule has 226 valence electrons. The first-order valence-electron chi connectivity index (χ1n) is 13.3. The van der Waals surface area contributed by atoms with Crippen molar-refractivity contribution < 1.29 is 62.0 Å². The van der Waals surface area contributed by atoms with Gasteiger partial charge in [0, 0.05) is 40.5 Å². The Balaban J connectivity index is 1.70. The van der Waals surface area contributed by atoms with Crippen LogP contribution in [0.25, 0.3) is 0 Å². The molecule has 0 unspecified atom stereocenters. The van der Waals surface area contributed by atoms with Gasteiger partial charge in [0.1, 0.15) is 18.5 Å². The summed E-state index contributed by atoms with van der Waals surface area (Å²) in [4.78, 5) is 88.4. The van der Waals surface area contributed by atoms with E-state index in [0.29, 0.717) is 5.69 Å². The number of para-hydroxylation sites is 1. The van der Waals surface area contributed by atoms with Gasteiger partial charge in [-0.25, -0.2) is 4.90 Å². The van der Waals surface area contributed by atoms with E-state index in [2.05, 4.69) is 0 Å². The lowest BCUT2D eigenvalue weighted by Crippen LogP contribution is -2.63. The smallest absolute Gasteiger partial charge is 0.303 e. The van der Waals surface area contributed by atoms with Gasteiger partial charge in [-0.3, -0.25) is 33.6 Å². The zero-order valence-electron chi connectivity index (χ0n) is 23.4. The second-order valence-corrected chi connectivity index (χ2v) is 10.2. The summed E-state index contributed by atoms with van der Waals surface area (Å²) < 4.78 is 33.3. The molecule has 1 aliphatic carbocycles. The highest BCUT2D eigenvalue weighted by Crippen LogP contribution is 2.42. The number of nitrogens with zero attached hydrogens (tertiary/aromatic N) is 1. The molecule has 8 atom stereocenters. The van der Waals surface area contributed by atoms with E-state index in [4.69, 9.17) is 28.4 Å². The highest BCUT2D eigenvalue weighted by molar-refractivity contribution is 6.23. The second-order valence-electron chi connectivity index (χ2n) is 10.2. The third kappa shape index (κ3) is 6.65. The standard InChI is InChI=1S/C28H31NO13/c1-13(30)37-12-21-23(38-14(2)31)24(39-15(3)32)25(40-16(4)33)28(42-21)41-20-11-18(34)10-19-22(20)27(36)29(26(19)35)17-8-6-5-7-9-17/h5-9,19-25,28H,10-12H2,1-4H3/t19-,20-,21+,22+,23-,24+,25+,28-/m1/s1. The van der Waals surface area contributed by atoms with Crippen LogP contribution in [0.4, 0.5) is 5.69 Å². The molecule has 14 nitrogen and oxygen atoms in total. The van der Waals surface area contributed by atoms with E-state index in [9.17, 15) is 33.6 Å². The molecule has 14 heteroatoms. The molecule has 4 rings (SSSR count). The number of anilines is 1. The van der Waals surface area contributed by atoms with Gasteiger partial charge < -0.3 is 28.4 Å². The molecule has 1 saturated carbocycles. The lowest BCUT2D eigenvalue weighted by Gasteiger charge is -2.45. The molecule has 0 bridgehead atoms. The molecule has 2 amide bonds. The van der Waals surface area contributed by atoms with Gasteiger partial charge in [0.05, 0.1) is 23.6 Å². The third-order valence-electron chi connectivity index (χ3n) is 7.03. The Labute approximate surface area is 240 Å². The van der Waals surface area contributed by atoms with E-state index in [1.165, 1.54) is 0 Å². The monoisotopic (exact) mass is 589 g/mol. The number of Topliss-reactive ketones (excluding diaryl/α,β-unsaturated/α-hetero) is 1. The van der Waals surface area contributed by atoms with Crippen LogP contribution < -0.4 is 4.90 Å². The van der Waals surface area contributed by atoms with Gasteiger partial charge in [-0.2, -0.15) is 0 Å². The number of amides is 2. The summed E-state index contributed by atoms with van der Waals surface area (Å²) in [6.45, 7) is 3.90. The Bertz CT molecular complexity index is 1260. The molecule has 2 aliphatic heterocycles. The minimum absolute atomic E-state index is 0.170. The van der Waals surface area contributed by atoms with Crippen molar-refractivity contribution in [3.63, 3.8) is 0 Å². The Hall–Kier alpha value is -4.17. The van der Waals surface area contributed by atoms with E-state index in [1.54, 1.807) is 30.3 Å². The Morgan fingerprint density at radius 1 is 0.786 bits per heavy atom. The summed E-state index contributed by atoms with van der Waals surface area (Å²) >= 11 is 0. The van der Waals surface area contributed by atoms with Crippen LogP contribution in [0.2, 0.25) is 0 Å². The van der Waals surface area contributed by atoms with Crippen molar-refractivity contribution in [2.24, 2.45) is 11.8 Å². The fourth-order valence-electron chi connectivity index (χ4n) is 5.50. The Morgan fingerprint density at radius 3 is 1.98 bits per heavy atom. The molecule has 0 N–H and O–H groups in total. The lowest BCUT2D eigenvalue weighted by molar-refractivity contribution is -0.320. The number of esters is 4. The molecule has 1 aromatic carbocycles. The maximum atomic E-state index is 13.6. The zero-order valence-corrected chi connectivity index (χ0v) is 23.4. The number of ether oxygens (including phenoxy) is 6. The van der Waals surface area contributed by atoms with E-state index < -0.39 is 90.9 Å². The summed E-state index contributed by atoms with van der Waals surface area (Å²) in [6.07, 6.45) is -8.97. The van der Waals surface area contributed by atoms with Crippen LogP contribution in [-0.2, 0) is 62.0 Å². The van der Waals surface area contributed by atoms with Crippen molar-refractivity contribution in [2.45, 2.75) is 77.3 Å². The number of carbonyl (C=O) groups excluding carboxylic acids is 7. The normalized spacial score (nSPS) is 30.8. The summed E-state index contributed by atoms with van der Waals surface area (Å²) in [5.74, 6) is -6.73. The van der Waals surface area contributed by atoms with Crippen molar-refractivity contribution >= 4 is 47.2 Å². The van der Waals surface area contributed by atoms with Crippen molar-refractivity contribution in [1.29, 1.82) is 0 Å². The van der Waals surface area contributed by atoms with Crippen molar-refractivity contribution in [1.82, 2.24) is 0 Å². The first kappa shape index (κ1) is 30.8. The average Bonchev–Trinajstić information content (AvgIpc) is 3.15. The molecule has 3 aliphatic rings. The summed E-state index contributed by atoms with van der Waals surface area (Å²) in [7, 11) is 0. The van der Waals surface area contributed by atoms with Crippen LogP contribution >= 0.6 is 0 Å². The first-order chi connectivity index (χ1) is 19.9. The number of ketones is 1. The predicted molar refractivity (Wildman–Crippen MR) is 137 cm³/mol. The molecule has 2 heterocycles. The molecular formula is C28H31NO13. The minimum Gasteiger partial charge on any atom is -0.463 e. The van der Waals surface area contributed by atoms with Crippen molar-refractivity contribution in [3.05, 3.63) is 30.3 Å². The highest BCUT2D eigenvalue weighted by Gasteiger charge is 2.58. The van der Waals surface area contributed by atoms with E-state index >= 15 is 0 Å². The molecule has 0 spiro atoms. The van der Waals surface area contributed by atoms with E-state index in [0.717, 1.165) is 32.6 Å². The number of imide groups is 1. The quantitative estimate of drug-likeness (QED) is 0.234. The zero-order chi connectivity index (χ0) is 30.7. The number of hydrogen-bond acceptors (Lipinski definition) is 13. The van der Waals surface area contributed by atoms with E-state index in [1.807, 2.05) is 0 Å². The van der Waals surface area contributed by atoms with Gasteiger partial charge in [0.15, 0.2) is 24.6 Å².